The lowest BCUT2D eigenvalue weighted by atomic mass is 9.70. The molecule has 4 aromatic carbocycles. The highest BCUT2D eigenvalue weighted by Crippen LogP contribution is 2.41. The molecule has 0 N–H and O–H groups in total. The number of esters is 4. The van der Waals surface area contributed by atoms with Gasteiger partial charge in [-0.3, -0.25) is 0 Å². The lowest BCUT2D eigenvalue weighted by Crippen LogP contribution is -2.25. The van der Waals surface area contributed by atoms with Crippen molar-refractivity contribution in [3.63, 3.8) is 0 Å². The van der Waals surface area contributed by atoms with Gasteiger partial charge >= 0.3 is 23.9 Å². The van der Waals surface area contributed by atoms with Crippen LogP contribution in [0.15, 0.2) is 84.9 Å². The van der Waals surface area contributed by atoms with Gasteiger partial charge in [0, 0.05) is 5.41 Å². The molecule has 4 aromatic rings. The first-order valence-corrected chi connectivity index (χ1v) is 13.2. The number of hydrogen-bond acceptors (Lipinski definition) is 8. The van der Waals surface area contributed by atoms with Gasteiger partial charge in [0.25, 0.3) is 0 Å². The van der Waals surface area contributed by atoms with Gasteiger partial charge in [-0.2, -0.15) is 0 Å². The van der Waals surface area contributed by atoms with E-state index >= 15 is 0 Å². The van der Waals surface area contributed by atoms with E-state index in [-0.39, 0.29) is 27.7 Å². The molecule has 204 valence electrons. The molecule has 0 aromatic heterocycles. The number of carbonyl (C=O) groups is 4. The van der Waals surface area contributed by atoms with Crippen molar-refractivity contribution in [2.45, 2.75) is 32.1 Å². The van der Waals surface area contributed by atoms with Gasteiger partial charge in [-0.25, -0.2) is 19.2 Å². The maximum atomic E-state index is 11.9. The van der Waals surface area contributed by atoms with Gasteiger partial charge in [0.05, 0.1) is 22.3 Å². The summed E-state index contributed by atoms with van der Waals surface area (Å²) in [4.78, 5) is 47.1. The molecule has 2 heterocycles. The maximum Gasteiger partial charge on any atom is 0.347 e. The van der Waals surface area contributed by atoms with Crippen molar-refractivity contribution >= 4 is 23.9 Å². The van der Waals surface area contributed by atoms with Crippen LogP contribution in [0.5, 0.6) is 23.0 Å². The number of carbonyl (C=O) groups excluding carboxylic acids is 4. The average molecular weight is 549 g/mol. The predicted octanol–water partition coefficient (Wildman–Crippen LogP) is 7.00. The minimum Gasteiger partial charge on any atom is -0.457 e. The van der Waals surface area contributed by atoms with Crippen molar-refractivity contribution in [3.05, 3.63) is 118 Å². The Morgan fingerprint density at radius 3 is 1.20 bits per heavy atom. The number of benzene rings is 4. The minimum atomic E-state index is -0.675. The third kappa shape index (κ3) is 4.53. The van der Waals surface area contributed by atoms with Gasteiger partial charge in [0.15, 0.2) is 0 Å². The largest absolute Gasteiger partial charge is 0.457 e. The second-order valence-electron chi connectivity index (χ2n) is 9.81. The highest BCUT2D eigenvalue weighted by Gasteiger charge is 2.32. The zero-order valence-electron chi connectivity index (χ0n) is 22.3. The van der Waals surface area contributed by atoms with E-state index < -0.39 is 23.9 Å². The first-order valence-electron chi connectivity index (χ1n) is 13.2. The molecule has 0 fully saturated rings. The Labute approximate surface area is 235 Å². The van der Waals surface area contributed by atoms with Crippen LogP contribution in [0.2, 0.25) is 0 Å². The Balaban J connectivity index is 1.20. The fourth-order valence-electron chi connectivity index (χ4n) is 5.45. The van der Waals surface area contributed by atoms with Crippen LogP contribution >= 0.6 is 0 Å². The van der Waals surface area contributed by atoms with Gasteiger partial charge in [0.1, 0.15) is 23.0 Å². The van der Waals surface area contributed by atoms with E-state index in [9.17, 15) is 19.2 Å². The van der Waals surface area contributed by atoms with Crippen LogP contribution < -0.4 is 9.47 Å². The fraction of sp³-hybridized carbons (Fsp3) is 0.152. The SMILES string of the molecule is CCC(CC)(c1ccc(Oc2ccc3c(c2)C(=O)OC3=O)cc1)c1ccc(Oc2ccc3c(c2)C(=O)OC3=O)cc1. The van der Waals surface area contributed by atoms with E-state index in [4.69, 9.17) is 9.47 Å². The summed E-state index contributed by atoms with van der Waals surface area (Å²) in [6, 6.07) is 25.0. The van der Waals surface area contributed by atoms with E-state index in [1.165, 1.54) is 24.3 Å². The van der Waals surface area contributed by atoms with Gasteiger partial charge in [-0.05, 0) is 84.6 Å². The molecule has 0 saturated carbocycles. The minimum absolute atomic E-state index is 0.196. The Kier molecular flexibility index (Phi) is 6.38. The second-order valence-corrected chi connectivity index (χ2v) is 9.81. The zero-order chi connectivity index (χ0) is 28.7. The first kappa shape index (κ1) is 26.0. The normalized spacial score (nSPS) is 13.9. The van der Waals surface area contributed by atoms with E-state index in [0.29, 0.717) is 23.0 Å². The average Bonchev–Trinajstić information content (AvgIpc) is 3.43. The molecule has 8 nitrogen and oxygen atoms in total. The van der Waals surface area contributed by atoms with Crippen molar-refractivity contribution < 1.29 is 38.1 Å². The lowest BCUT2D eigenvalue weighted by molar-refractivity contribution is 0.0425. The summed E-state index contributed by atoms with van der Waals surface area (Å²) >= 11 is 0. The molecule has 0 amide bonds. The van der Waals surface area contributed by atoms with Crippen LogP contribution in [0.25, 0.3) is 0 Å². The topological polar surface area (TPSA) is 105 Å². The third-order valence-electron chi connectivity index (χ3n) is 7.72. The van der Waals surface area contributed by atoms with Crippen LogP contribution in [-0.4, -0.2) is 23.9 Å². The highest BCUT2D eigenvalue weighted by molar-refractivity contribution is 6.15. The molecule has 0 bridgehead atoms. The Hall–Kier alpha value is -5.24. The second kappa shape index (κ2) is 10.1. The van der Waals surface area contributed by atoms with Gasteiger partial charge in [-0.15, -0.1) is 0 Å². The van der Waals surface area contributed by atoms with Crippen molar-refractivity contribution in [1.29, 1.82) is 0 Å². The summed E-state index contributed by atoms with van der Waals surface area (Å²) in [5.74, 6) is -0.595. The van der Waals surface area contributed by atoms with E-state index in [2.05, 4.69) is 23.3 Å². The summed E-state index contributed by atoms with van der Waals surface area (Å²) < 4.78 is 21.2. The quantitative estimate of drug-likeness (QED) is 0.171. The summed E-state index contributed by atoms with van der Waals surface area (Å²) in [6.45, 7) is 4.29. The van der Waals surface area contributed by atoms with Gasteiger partial charge < -0.3 is 18.9 Å². The molecule has 6 rings (SSSR count). The van der Waals surface area contributed by atoms with Crippen molar-refractivity contribution in [2.75, 3.05) is 0 Å². The molecular weight excluding hydrogens is 524 g/mol. The smallest absolute Gasteiger partial charge is 0.347 e. The molecule has 2 aliphatic heterocycles. The van der Waals surface area contributed by atoms with E-state index in [1.54, 1.807) is 12.1 Å². The van der Waals surface area contributed by atoms with Crippen LogP contribution in [0, 0.1) is 0 Å². The highest BCUT2D eigenvalue weighted by atomic mass is 16.6. The van der Waals surface area contributed by atoms with Crippen LogP contribution in [-0.2, 0) is 14.9 Å². The molecule has 2 aliphatic rings. The van der Waals surface area contributed by atoms with Gasteiger partial charge in [0.2, 0.25) is 0 Å². The van der Waals surface area contributed by atoms with E-state index in [1.807, 2.05) is 48.5 Å². The van der Waals surface area contributed by atoms with E-state index in [0.717, 1.165) is 24.0 Å². The molecule has 0 spiro atoms. The first-order chi connectivity index (χ1) is 19.8. The van der Waals surface area contributed by atoms with Crippen molar-refractivity contribution in [3.8, 4) is 23.0 Å². The maximum absolute atomic E-state index is 11.9. The monoisotopic (exact) mass is 548 g/mol. The zero-order valence-corrected chi connectivity index (χ0v) is 22.3. The Bertz CT molecular complexity index is 1590. The summed E-state index contributed by atoms with van der Waals surface area (Å²) in [5, 5.41) is 0. The number of hydrogen-bond donors (Lipinski definition) is 0. The number of rotatable bonds is 8. The Morgan fingerprint density at radius 1 is 0.488 bits per heavy atom. The third-order valence-corrected chi connectivity index (χ3v) is 7.72. The van der Waals surface area contributed by atoms with Crippen LogP contribution in [0.1, 0.15) is 79.2 Å². The molecule has 0 atom stereocenters. The molecule has 0 unspecified atom stereocenters. The van der Waals surface area contributed by atoms with Crippen LogP contribution in [0.4, 0.5) is 0 Å². The number of fused-ring (bicyclic) bond motifs is 2. The molecule has 0 saturated heterocycles. The lowest BCUT2D eigenvalue weighted by Gasteiger charge is -2.33. The molecule has 0 aliphatic carbocycles. The Morgan fingerprint density at radius 2 is 0.829 bits per heavy atom. The summed E-state index contributed by atoms with van der Waals surface area (Å²) in [6.07, 6.45) is 1.71. The molecule has 41 heavy (non-hydrogen) atoms. The fourth-order valence-corrected chi connectivity index (χ4v) is 5.45. The molecule has 8 heteroatoms. The molecular formula is C33H24O8. The molecule has 0 radical (unpaired) electrons. The van der Waals surface area contributed by atoms with Crippen molar-refractivity contribution in [1.82, 2.24) is 0 Å². The van der Waals surface area contributed by atoms with Gasteiger partial charge in [-0.1, -0.05) is 38.1 Å². The van der Waals surface area contributed by atoms with Crippen molar-refractivity contribution in [2.24, 2.45) is 0 Å². The van der Waals surface area contributed by atoms with Crippen LogP contribution in [0.3, 0.4) is 0 Å². The number of cyclic esters (lactones) is 4. The summed E-state index contributed by atoms with van der Waals surface area (Å²) in [7, 11) is 0. The predicted molar refractivity (Wildman–Crippen MR) is 147 cm³/mol. The standard InChI is InChI=1S/C33H24O8/c1-3-33(4-2,19-5-9-21(10-6-19)38-23-13-15-25-27(17-23)31(36)40-29(25)34)20-7-11-22(12-8-20)39-24-14-16-26-28(18-24)32(37)41-30(26)35/h5-18H,3-4H2,1-2H3. The summed E-state index contributed by atoms with van der Waals surface area (Å²) in [5.41, 5.74) is 2.84. The number of ether oxygens (including phenoxy) is 4.